The van der Waals surface area contributed by atoms with E-state index in [2.05, 4.69) is 24.5 Å². The van der Waals surface area contributed by atoms with Gasteiger partial charge in [0.25, 0.3) is 0 Å². The third-order valence-corrected chi connectivity index (χ3v) is 5.13. The molecule has 122 valence electrons. The van der Waals surface area contributed by atoms with E-state index in [0.717, 1.165) is 27.4 Å². The maximum Gasteiger partial charge on any atom is 0.208 e. The lowest BCUT2D eigenvalue weighted by Gasteiger charge is -2.06. The first-order valence-electron chi connectivity index (χ1n) is 7.40. The predicted octanol–water partition coefficient (Wildman–Crippen LogP) is 4.40. The Bertz CT molecular complexity index is 1100. The van der Waals surface area contributed by atoms with Gasteiger partial charge >= 0.3 is 0 Å². The number of aromatic amines is 1. The van der Waals surface area contributed by atoms with Crippen LogP contribution in [0.1, 0.15) is 5.56 Å². The van der Waals surface area contributed by atoms with Crippen molar-refractivity contribution in [2.45, 2.75) is 6.92 Å². The average Bonchev–Trinajstić information content (AvgIpc) is 3.09. The van der Waals surface area contributed by atoms with Crippen molar-refractivity contribution in [1.82, 2.24) is 14.5 Å². The molecule has 0 amide bonds. The fourth-order valence-corrected chi connectivity index (χ4v) is 3.28. The monoisotopic (exact) mass is 360 g/mol. The lowest BCUT2D eigenvalue weighted by Crippen LogP contribution is -2.02. The van der Waals surface area contributed by atoms with E-state index in [1.165, 1.54) is 0 Å². The number of hydrogen-bond donors (Lipinski definition) is 2. The van der Waals surface area contributed by atoms with Gasteiger partial charge in [0.05, 0.1) is 11.2 Å². The van der Waals surface area contributed by atoms with Crippen LogP contribution in [0, 0.1) is 12.7 Å². The summed E-state index contributed by atoms with van der Waals surface area (Å²) in [4.78, 5) is 7.62. The highest BCUT2D eigenvalue weighted by atomic mass is 35.5. The maximum atomic E-state index is 14.5. The molecule has 0 fully saturated rings. The summed E-state index contributed by atoms with van der Waals surface area (Å²) in [6.07, 6.45) is 1.85. The molecule has 1 unspecified atom stereocenters. The molecule has 0 aliphatic carbocycles. The number of aryl methyl sites for hydroxylation is 1. The number of hydrogen-bond acceptors (Lipinski definition) is 2. The van der Waals surface area contributed by atoms with E-state index in [-0.39, 0.29) is 5.82 Å². The van der Waals surface area contributed by atoms with E-state index < -0.39 is 0 Å². The van der Waals surface area contributed by atoms with Crippen molar-refractivity contribution in [1.29, 1.82) is 0 Å². The van der Waals surface area contributed by atoms with Crippen LogP contribution in [-0.4, -0.2) is 14.5 Å². The molecule has 1 atom stereocenters. The van der Waals surface area contributed by atoms with E-state index >= 15 is 0 Å². The Balaban J connectivity index is 1.86. The Labute approximate surface area is 145 Å². The fraction of sp³-hybridized carbons (Fsp3) is 0.118. The van der Waals surface area contributed by atoms with Gasteiger partial charge in [0.2, 0.25) is 5.95 Å². The summed E-state index contributed by atoms with van der Waals surface area (Å²) in [6.45, 7) is 1.75. The van der Waals surface area contributed by atoms with Crippen LogP contribution in [-0.2, 0) is 7.05 Å². The van der Waals surface area contributed by atoms with Crippen molar-refractivity contribution in [3.63, 3.8) is 0 Å². The predicted molar refractivity (Wildman–Crippen MR) is 101 cm³/mol. The number of rotatable bonds is 2. The zero-order chi connectivity index (χ0) is 17.0. The van der Waals surface area contributed by atoms with Gasteiger partial charge in [-0.2, -0.15) is 0 Å². The summed E-state index contributed by atoms with van der Waals surface area (Å²) in [5.74, 6) is 0.280. The van der Waals surface area contributed by atoms with Crippen molar-refractivity contribution >= 4 is 59.7 Å². The van der Waals surface area contributed by atoms with Crippen molar-refractivity contribution in [2.75, 3.05) is 5.32 Å². The number of aromatic nitrogens is 3. The van der Waals surface area contributed by atoms with E-state index in [1.54, 1.807) is 6.92 Å². The molecule has 7 heteroatoms. The summed E-state index contributed by atoms with van der Waals surface area (Å²) in [5, 5.41) is 5.71. The van der Waals surface area contributed by atoms with E-state index in [0.29, 0.717) is 22.1 Å². The van der Waals surface area contributed by atoms with Crippen molar-refractivity contribution < 1.29 is 4.39 Å². The van der Waals surface area contributed by atoms with Crippen LogP contribution in [0.4, 0.5) is 16.0 Å². The molecule has 2 heterocycles. The summed E-state index contributed by atoms with van der Waals surface area (Å²) in [5.41, 5.74) is 3.50. The third kappa shape index (κ3) is 2.27. The molecule has 0 aliphatic rings. The van der Waals surface area contributed by atoms with Gasteiger partial charge in [-0.1, -0.05) is 11.6 Å². The van der Waals surface area contributed by atoms with Gasteiger partial charge in [0.1, 0.15) is 5.52 Å². The van der Waals surface area contributed by atoms with Crippen LogP contribution in [0.2, 0.25) is 5.02 Å². The Hall–Kier alpha value is -2.10. The summed E-state index contributed by atoms with van der Waals surface area (Å²) >= 11 is 6.09. The minimum Gasteiger partial charge on any atom is -0.359 e. The third-order valence-electron chi connectivity index (χ3n) is 4.29. The Morgan fingerprint density at radius 1 is 1.33 bits per heavy atom. The molecule has 4 nitrogen and oxygen atoms in total. The second kappa shape index (κ2) is 5.47. The number of anilines is 2. The normalized spacial score (nSPS) is 11.5. The molecule has 2 N–H and O–H groups in total. The molecule has 0 spiro atoms. The van der Waals surface area contributed by atoms with Gasteiger partial charge in [0, 0.05) is 29.2 Å². The van der Waals surface area contributed by atoms with Crippen LogP contribution in [0.5, 0.6) is 0 Å². The number of imidazole rings is 1. The lowest BCUT2D eigenvalue weighted by atomic mass is 10.2. The first-order chi connectivity index (χ1) is 11.5. The number of H-pyrrole nitrogens is 1. The van der Waals surface area contributed by atoms with Crippen molar-refractivity contribution in [3.05, 3.63) is 46.9 Å². The largest absolute Gasteiger partial charge is 0.359 e. The fourth-order valence-electron chi connectivity index (χ4n) is 2.83. The highest BCUT2D eigenvalue weighted by Crippen LogP contribution is 2.30. The molecule has 0 saturated carbocycles. The summed E-state index contributed by atoms with van der Waals surface area (Å²) in [6, 6.07) is 7.55. The molecule has 2 aromatic carbocycles. The Morgan fingerprint density at radius 3 is 2.92 bits per heavy atom. The molecule has 0 saturated heterocycles. The number of fused-ring (bicyclic) bond motifs is 2. The van der Waals surface area contributed by atoms with Gasteiger partial charge in [-0.25, -0.2) is 9.37 Å². The van der Waals surface area contributed by atoms with Gasteiger partial charge in [-0.15, -0.1) is 9.24 Å². The zero-order valence-electron chi connectivity index (χ0n) is 13.1. The quantitative estimate of drug-likeness (QED) is 0.520. The molecule has 4 aromatic rings. The Morgan fingerprint density at radius 2 is 2.12 bits per heavy atom. The van der Waals surface area contributed by atoms with Crippen LogP contribution >= 0.6 is 20.8 Å². The lowest BCUT2D eigenvalue weighted by molar-refractivity contribution is 0.629. The molecule has 24 heavy (non-hydrogen) atoms. The molecule has 0 aliphatic heterocycles. The van der Waals surface area contributed by atoms with Gasteiger partial charge in [-0.05, 0) is 42.1 Å². The van der Waals surface area contributed by atoms with Crippen LogP contribution in [0.25, 0.3) is 21.9 Å². The highest BCUT2D eigenvalue weighted by molar-refractivity contribution is 7.27. The summed E-state index contributed by atoms with van der Waals surface area (Å²) < 4.78 is 16.3. The molecule has 4 rings (SSSR count). The number of benzene rings is 2. The van der Waals surface area contributed by atoms with Gasteiger partial charge in [0.15, 0.2) is 5.82 Å². The maximum absolute atomic E-state index is 14.5. The highest BCUT2D eigenvalue weighted by Gasteiger charge is 2.16. The summed E-state index contributed by atoms with van der Waals surface area (Å²) in [7, 11) is 4.42. The number of nitrogens with one attached hydrogen (secondary N) is 2. The van der Waals surface area contributed by atoms with E-state index in [9.17, 15) is 4.39 Å². The van der Waals surface area contributed by atoms with E-state index in [1.807, 2.05) is 42.1 Å². The van der Waals surface area contributed by atoms with Gasteiger partial charge < -0.3 is 14.9 Å². The SMILES string of the molecule is Cc1c(P)cc2c(nc(Nc3c[nH]c4ccc(Cl)cc34)n2C)c1F. The molecule has 2 aromatic heterocycles. The minimum atomic E-state index is -0.289. The first-order valence-corrected chi connectivity index (χ1v) is 8.36. The Kier molecular flexibility index (Phi) is 3.52. The topological polar surface area (TPSA) is 45.6 Å². The second-order valence-electron chi connectivity index (χ2n) is 5.78. The van der Waals surface area contributed by atoms with Crippen LogP contribution in [0.3, 0.4) is 0 Å². The average molecular weight is 361 g/mol. The number of nitrogens with zero attached hydrogens (tertiary/aromatic N) is 2. The second-order valence-corrected chi connectivity index (χ2v) is 6.84. The molecule has 0 radical (unpaired) electrons. The van der Waals surface area contributed by atoms with Crippen molar-refractivity contribution in [2.24, 2.45) is 7.05 Å². The molecular formula is C17H15ClFN4P. The van der Waals surface area contributed by atoms with Crippen molar-refractivity contribution in [3.8, 4) is 0 Å². The van der Waals surface area contributed by atoms with Crippen LogP contribution in [0.15, 0.2) is 30.5 Å². The van der Waals surface area contributed by atoms with E-state index in [4.69, 9.17) is 11.6 Å². The smallest absolute Gasteiger partial charge is 0.208 e. The van der Waals surface area contributed by atoms with Crippen LogP contribution < -0.4 is 10.6 Å². The number of halogens is 2. The minimum absolute atomic E-state index is 0.289. The molecular weight excluding hydrogens is 346 g/mol. The molecule has 0 bridgehead atoms. The van der Waals surface area contributed by atoms with Gasteiger partial charge in [-0.3, -0.25) is 0 Å². The first kappa shape index (κ1) is 15.4. The zero-order valence-corrected chi connectivity index (χ0v) is 15.0. The standard InChI is InChI=1S/C17H15ClFN4P/c1-8-14(24)6-13-16(15(8)19)22-17(23(13)2)21-12-7-20-11-4-3-9(18)5-10(11)12/h3-7,20H,24H2,1-2H3,(H,21,22).